The van der Waals surface area contributed by atoms with Crippen LogP contribution in [-0.2, 0) is 0 Å². The van der Waals surface area contributed by atoms with Gasteiger partial charge in [-0.05, 0) is 29.3 Å². The SMILES string of the molecule is N#Cc1c(-c2ccccc2)ccc(-n2c3ccccc3c3ccncc32)c1-c1ccccc1. The molecule has 0 unspecified atom stereocenters. The van der Waals surface area contributed by atoms with E-state index >= 15 is 0 Å². The Labute approximate surface area is 191 Å². The van der Waals surface area contributed by atoms with Crippen molar-refractivity contribution >= 4 is 21.8 Å². The highest BCUT2D eigenvalue weighted by molar-refractivity contribution is 6.09. The van der Waals surface area contributed by atoms with Crippen LogP contribution in [0, 0.1) is 11.3 Å². The van der Waals surface area contributed by atoms with E-state index in [2.05, 4.69) is 82.4 Å². The van der Waals surface area contributed by atoms with E-state index in [1.807, 2.05) is 48.8 Å². The molecule has 154 valence electrons. The molecule has 4 aromatic carbocycles. The van der Waals surface area contributed by atoms with Gasteiger partial charge in [0.25, 0.3) is 0 Å². The van der Waals surface area contributed by atoms with Crippen LogP contribution in [0.4, 0.5) is 0 Å². The summed E-state index contributed by atoms with van der Waals surface area (Å²) < 4.78 is 2.23. The second-order valence-corrected chi connectivity index (χ2v) is 7.97. The minimum Gasteiger partial charge on any atom is -0.307 e. The molecule has 0 fully saturated rings. The van der Waals surface area contributed by atoms with E-state index in [1.54, 1.807) is 0 Å². The molecule has 0 amide bonds. The van der Waals surface area contributed by atoms with E-state index in [1.165, 1.54) is 5.39 Å². The highest BCUT2D eigenvalue weighted by atomic mass is 15.0. The lowest BCUT2D eigenvalue weighted by atomic mass is 9.91. The van der Waals surface area contributed by atoms with Gasteiger partial charge >= 0.3 is 0 Å². The Balaban J connectivity index is 1.77. The second-order valence-electron chi connectivity index (χ2n) is 7.97. The van der Waals surface area contributed by atoms with Crippen molar-refractivity contribution in [3.8, 4) is 34.0 Å². The van der Waals surface area contributed by atoms with Crippen LogP contribution in [0.2, 0.25) is 0 Å². The number of para-hydroxylation sites is 1. The van der Waals surface area contributed by atoms with Crippen LogP contribution >= 0.6 is 0 Å². The molecule has 0 bridgehead atoms. The van der Waals surface area contributed by atoms with Gasteiger partial charge < -0.3 is 4.57 Å². The maximum absolute atomic E-state index is 10.4. The fourth-order valence-electron chi connectivity index (χ4n) is 4.73. The van der Waals surface area contributed by atoms with Gasteiger partial charge in [0.1, 0.15) is 6.07 Å². The summed E-state index contributed by atoms with van der Waals surface area (Å²) in [5, 5.41) is 12.7. The number of hydrogen-bond donors (Lipinski definition) is 0. The number of benzene rings is 4. The van der Waals surface area contributed by atoms with Crippen LogP contribution in [0.3, 0.4) is 0 Å². The van der Waals surface area contributed by atoms with Crippen LogP contribution in [0.1, 0.15) is 5.56 Å². The van der Waals surface area contributed by atoms with E-state index in [9.17, 15) is 5.26 Å². The monoisotopic (exact) mass is 421 g/mol. The number of fused-ring (bicyclic) bond motifs is 3. The molecule has 6 rings (SSSR count). The first-order valence-electron chi connectivity index (χ1n) is 10.9. The molecule has 3 heteroatoms. The largest absolute Gasteiger partial charge is 0.307 e. The van der Waals surface area contributed by atoms with Gasteiger partial charge in [-0.1, -0.05) is 84.9 Å². The molecule has 0 saturated carbocycles. The second kappa shape index (κ2) is 7.78. The van der Waals surface area contributed by atoms with E-state index in [0.717, 1.165) is 44.4 Å². The zero-order chi connectivity index (χ0) is 22.2. The molecular weight excluding hydrogens is 402 g/mol. The smallest absolute Gasteiger partial charge is 0.101 e. The summed E-state index contributed by atoms with van der Waals surface area (Å²) in [5.74, 6) is 0. The molecule has 2 heterocycles. The molecular formula is C30H19N3. The van der Waals surface area contributed by atoms with Crippen molar-refractivity contribution in [2.75, 3.05) is 0 Å². The van der Waals surface area contributed by atoms with Crippen molar-refractivity contribution in [3.63, 3.8) is 0 Å². The third-order valence-electron chi connectivity index (χ3n) is 6.16. The summed E-state index contributed by atoms with van der Waals surface area (Å²) in [5.41, 5.74) is 7.64. The quantitative estimate of drug-likeness (QED) is 0.299. The summed E-state index contributed by atoms with van der Waals surface area (Å²) in [6.07, 6.45) is 3.73. The number of nitriles is 1. The van der Waals surface area contributed by atoms with Crippen LogP contribution in [0.25, 0.3) is 49.7 Å². The molecule has 2 aromatic heterocycles. The maximum atomic E-state index is 10.4. The molecule has 0 radical (unpaired) electrons. The van der Waals surface area contributed by atoms with Crippen molar-refractivity contribution in [1.82, 2.24) is 9.55 Å². The van der Waals surface area contributed by atoms with Gasteiger partial charge in [0.2, 0.25) is 0 Å². The summed E-state index contributed by atoms with van der Waals surface area (Å²) in [6, 6.07) is 37.4. The van der Waals surface area contributed by atoms with E-state index in [-0.39, 0.29) is 0 Å². The number of pyridine rings is 1. The van der Waals surface area contributed by atoms with Gasteiger partial charge in [0, 0.05) is 28.1 Å². The Kier molecular flexibility index (Phi) is 4.49. The predicted molar refractivity (Wildman–Crippen MR) is 134 cm³/mol. The molecule has 0 aliphatic carbocycles. The molecule has 0 aliphatic rings. The van der Waals surface area contributed by atoms with E-state index in [0.29, 0.717) is 5.56 Å². The van der Waals surface area contributed by atoms with Crippen molar-refractivity contribution in [1.29, 1.82) is 5.26 Å². The first-order chi connectivity index (χ1) is 16.4. The average Bonchev–Trinajstić information content (AvgIpc) is 3.23. The lowest BCUT2D eigenvalue weighted by Gasteiger charge is -2.18. The van der Waals surface area contributed by atoms with Gasteiger partial charge in [0.15, 0.2) is 0 Å². The summed E-state index contributed by atoms with van der Waals surface area (Å²) >= 11 is 0. The minimum absolute atomic E-state index is 0.666. The summed E-state index contributed by atoms with van der Waals surface area (Å²) in [6.45, 7) is 0. The topological polar surface area (TPSA) is 41.6 Å². The van der Waals surface area contributed by atoms with E-state index in [4.69, 9.17) is 0 Å². The normalized spacial score (nSPS) is 11.0. The van der Waals surface area contributed by atoms with Gasteiger partial charge in [-0.15, -0.1) is 0 Å². The van der Waals surface area contributed by atoms with Gasteiger partial charge in [0.05, 0.1) is 28.5 Å². The lowest BCUT2D eigenvalue weighted by molar-refractivity contribution is 1.16. The van der Waals surface area contributed by atoms with Crippen molar-refractivity contribution in [3.05, 3.63) is 121 Å². The van der Waals surface area contributed by atoms with Crippen molar-refractivity contribution < 1.29 is 0 Å². The van der Waals surface area contributed by atoms with Gasteiger partial charge in [-0.25, -0.2) is 0 Å². The van der Waals surface area contributed by atoms with Crippen LogP contribution in [-0.4, -0.2) is 9.55 Å². The molecule has 0 spiro atoms. The van der Waals surface area contributed by atoms with Gasteiger partial charge in [-0.2, -0.15) is 5.26 Å². The Morgan fingerprint density at radius 1 is 0.636 bits per heavy atom. The number of aromatic nitrogens is 2. The third-order valence-corrected chi connectivity index (χ3v) is 6.16. The highest BCUT2D eigenvalue weighted by Crippen LogP contribution is 2.40. The maximum Gasteiger partial charge on any atom is 0.101 e. The average molecular weight is 422 g/mol. The van der Waals surface area contributed by atoms with Crippen molar-refractivity contribution in [2.45, 2.75) is 0 Å². The first kappa shape index (κ1) is 19.0. The standard InChI is InChI=1S/C30H19N3/c31-19-26-23(21-9-3-1-4-10-21)15-16-28(30(26)22-11-5-2-6-12-22)33-27-14-8-7-13-24(27)25-17-18-32-20-29(25)33/h1-18,20H. The summed E-state index contributed by atoms with van der Waals surface area (Å²) in [7, 11) is 0. The Hall–Kier alpha value is -4.68. The number of rotatable bonds is 3. The molecule has 0 aliphatic heterocycles. The fraction of sp³-hybridized carbons (Fsp3) is 0. The first-order valence-corrected chi connectivity index (χ1v) is 10.9. The van der Waals surface area contributed by atoms with Crippen LogP contribution in [0.5, 0.6) is 0 Å². The molecule has 0 N–H and O–H groups in total. The van der Waals surface area contributed by atoms with Crippen LogP contribution < -0.4 is 0 Å². The van der Waals surface area contributed by atoms with E-state index < -0.39 is 0 Å². The molecule has 33 heavy (non-hydrogen) atoms. The summed E-state index contributed by atoms with van der Waals surface area (Å²) in [4.78, 5) is 4.42. The zero-order valence-corrected chi connectivity index (χ0v) is 17.8. The predicted octanol–water partition coefficient (Wildman–Crippen LogP) is 7.38. The van der Waals surface area contributed by atoms with Crippen molar-refractivity contribution in [2.24, 2.45) is 0 Å². The molecule has 6 aromatic rings. The van der Waals surface area contributed by atoms with Gasteiger partial charge in [-0.3, -0.25) is 4.98 Å². The number of nitrogens with zero attached hydrogens (tertiary/aromatic N) is 3. The number of hydrogen-bond acceptors (Lipinski definition) is 2. The minimum atomic E-state index is 0.666. The van der Waals surface area contributed by atoms with Crippen LogP contribution in [0.15, 0.2) is 116 Å². The Bertz CT molecular complexity index is 1600. The third kappa shape index (κ3) is 3.01. The Morgan fingerprint density at radius 3 is 2.06 bits per heavy atom. The molecule has 3 nitrogen and oxygen atoms in total. The molecule has 0 saturated heterocycles. The fourth-order valence-corrected chi connectivity index (χ4v) is 4.73. The highest BCUT2D eigenvalue weighted by Gasteiger charge is 2.20. The zero-order valence-electron chi connectivity index (χ0n) is 17.8. The lowest BCUT2D eigenvalue weighted by Crippen LogP contribution is -2.01. The molecule has 0 atom stereocenters. The Morgan fingerprint density at radius 2 is 1.30 bits per heavy atom.